The smallest absolute Gasteiger partial charge is 0.123 e. The van der Waals surface area contributed by atoms with Gasteiger partial charge >= 0.3 is 0 Å². The Labute approximate surface area is 329 Å². The van der Waals surface area contributed by atoms with Gasteiger partial charge in [-0.05, 0) is 36.4 Å². The minimum Gasteiger partial charge on any atom is -0.490 e. The monoisotopic (exact) mass is 748 g/mol. The molecular formula is C48H48N2O6. The molecule has 9 rings (SSSR count). The van der Waals surface area contributed by atoms with Crippen LogP contribution in [0.4, 0.5) is 0 Å². The van der Waals surface area contributed by atoms with Gasteiger partial charge < -0.3 is 28.4 Å². The molecule has 0 fully saturated rings. The van der Waals surface area contributed by atoms with Crippen LogP contribution in [0.3, 0.4) is 0 Å². The number of fused-ring (bicyclic) bond motifs is 9. The highest BCUT2D eigenvalue weighted by molar-refractivity contribution is 5.39. The summed E-state index contributed by atoms with van der Waals surface area (Å²) in [5, 5.41) is 0. The maximum absolute atomic E-state index is 6.47. The fourth-order valence-corrected chi connectivity index (χ4v) is 7.34. The van der Waals surface area contributed by atoms with Gasteiger partial charge in [-0.25, -0.2) is 0 Å². The predicted molar refractivity (Wildman–Crippen MR) is 218 cm³/mol. The molecule has 8 nitrogen and oxygen atoms in total. The van der Waals surface area contributed by atoms with E-state index in [0.717, 1.165) is 67.9 Å². The SMILES string of the molecule is c1ccc2c(c1)CN1Cc3ccccc3OCCOc3ccccc3CN(Cc3ccccc3OCCO2)Cc2ccccc2OCCOc2ccccc2C1. The van der Waals surface area contributed by atoms with Crippen molar-refractivity contribution in [2.75, 3.05) is 39.6 Å². The summed E-state index contributed by atoms with van der Waals surface area (Å²) in [5.41, 5.74) is 6.52. The maximum atomic E-state index is 6.47. The van der Waals surface area contributed by atoms with Crippen LogP contribution in [0, 0.1) is 0 Å². The summed E-state index contributed by atoms with van der Waals surface area (Å²) in [7, 11) is 0. The number of nitrogens with zero attached hydrogens (tertiary/aromatic N) is 2. The summed E-state index contributed by atoms with van der Waals surface area (Å²) < 4.78 is 38.8. The molecule has 6 aromatic carbocycles. The Kier molecular flexibility index (Phi) is 12.3. The first-order chi connectivity index (χ1) is 27.7. The van der Waals surface area contributed by atoms with E-state index in [9.17, 15) is 0 Å². The van der Waals surface area contributed by atoms with Crippen LogP contribution in [0.2, 0.25) is 0 Å². The number of ether oxygens (including phenoxy) is 6. The Morgan fingerprint density at radius 1 is 0.232 bits per heavy atom. The van der Waals surface area contributed by atoms with Crippen molar-refractivity contribution < 1.29 is 28.4 Å². The van der Waals surface area contributed by atoms with Gasteiger partial charge in [0, 0.05) is 72.6 Å². The van der Waals surface area contributed by atoms with Crippen LogP contribution in [0.25, 0.3) is 0 Å². The number of benzene rings is 6. The normalized spacial score (nSPS) is 18.0. The van der Waals surface area contributed by atoms with E-state index in [2.05, 4.69) is 82.6 Å². The standard InChI is InChI=1S/C48H48N2O6/c1-7-19-43-37(13-1)31-49-32-38-14-2-8-20-44(38)53-27-29-55-47-23-11-5-17-41(47)35-50(34-40-16-4-10-22-46(40)52-26-25-51-43)36-42-18-6-12-24-48(42)56-30-28-54-45-21-9-3-15-39(45)33-49/h1-24H,25-36H2. The van der Waals surface area contributed by atoms with E-state index < -0.39 is 0 Å². The van der Waals surface area contributed by atoms with E-state index in [1.54, 1.807) is 0 Å². The van der Waals surface area contributed by atoms with Gasteiger partial charge in [-0.2, -0.15) is 0 Å². The van der Waals surface area contributed by atoms with Crippen LogP contribution >= 0.6 is 0 Å². The van der Waals surface area contributed by atoms with E-state index in [-0.39, 0.29) is 0 Å². The first-order valence-electron chi connectivity index (χ1n) is 19.4. The summed E-state index contributed by atoms with van der Waals surface area (Å²) >= 11 is 0. The second-order valence-electron chi connectivity index (χ2n) is 14.0. The van der Waals surface area contributed by atoms with E-state index in [0.29, 0.717) is 78.9 Å². The topological polar surface area (TPSA) is 61.9 Å². The first kappa shape index (κ1) is 37.0. The van der Waals surface area contributed by atoms with Crippen molar-refractivity contribution >= 4 is 0 Å². The van der Waals surface area contributed by atoms with Crippen molar-refractivity contribution in [3.63, 3.8) is 0 Å². The summed E-state index contributed by atoms with van der Waals surface area (Å²) in [5.74, 6) is 5.03. The van der Waals surface area contributed by atoms with E-state index in [1.165, 1.54) is 0 Å². The van der Waals surface area contributed by atoms with Crippen molar-refractivity contribution in [1.82, 2.24) is 9.80 Å². The third-order valence-corrected chi connectivity index (χ3v) is 9.99. The highest BCUT2D eigenvalue weighted by Crippen LogP contribution is 2.31. The van der Waals surface area contributed by atoms with Crippen LogP contribution < -0.4 is 28.4 Å². The Balaban J connectivity index is 1.21. The molecule has 2 bridgehead atoms. The van der Waals surface area contributed by atoms with Crippen molar-refractivity contribution in [3.8, 4) is 34.5 Å². The highest BCUT2D eigenvalue weighted by atomic mass is 16.5. The molecule has 0 amide bonds. The summed E-state index contributed by atoms with van der Waals surface area (Å²) in [6.07, 6.45) is 0. The molecule has 3 aliphatic rings. The largest absolute Gasteiger partial charge is 0.490 e. The zero-order valence-corrected chi connectivity index (χ0v) is 31.7. The highest BCUT2D eigenvalue weighted by Gasteiger charge is 2.19. The second-order valence-corrected chi connectivity index (χ2v) is 14.0. The third-order valence-electron chi connectivity index (χ3n) is 9.99. The van der Waals surface area contributed by atoms with Crippen LogP contribution in [-0.2, 0) is 39.3 Å². The molecule has 0 aliphatic carbocycles. The molecular weight excluding hydrogens is 701 g/mol. The molecule has 286 valence electrons. The van der Waals surface area contributed by atoms with Crippen LogP contribution in [0.5, 0.6) is 34.5 Å². The fraction of sp³-hybridized carbons (Fsp3) is 0.250. The zero-order valence-electron chi connectivity index (χ0n) is 31.7. The Morgan fingerprint density at radius 3 is 0.571 bits per heavy atom. The van der Waals surface area contributed by atoms with Gasteiger partial charge in [0.25, 0.3) is 0 Å². The average molecular weight is 749 g/mol. The lowest BCUT2D eigenvalue weighted by atomic mass is 10.1. The number of hydrogen-bond donors (Lipinski definition) is 0. The number of para-hydroxylation sites is 6. The molecule has 0 aromatic heterocycles. The summed E-state index contributed by atoms with van der Waals surface area (Å²) in [4.78, 5) is 4.81. The van der Waals surface area contributed by atoms with Crippen molar-refractivity contribution in [2.45, 2.75) is 39.3 Å². The summed E-state index contributed by atoms with van der Waals surface area (Å²) in [6, 6.07) is 49.6. The van der Waals surface area contributed by atoms with Crippen LogP contribution in [-0.4, -0.2) is 49.4 Å². The quantitative estimate of drug-likeness (QED) is 0.153. The minimum atomic E-state index is 0.401. The Morgan fingerprint density at radius 2 is 0.393 bits per heavy atom. The number of rotatable bonds is 0. The second kappa shape index (κ2) is 18.6. The molecule has 0 spiro atoms. The molecule has 0 N–H and O–H groups in total. The lowest BCUT2D eigenvalue weighted by molar-refractivity contribution is 0.187. The van der Waals surface area contributed by atoms with Crippen molar-refractivity contribution in [3.05, 3.63) is 179 Å². The molecule has 0 unspecified atom stereocenters. The molecule has 56 heavy (non-hydrogen) atoms. The lowest BCUT2D eigenvalue weighted by Gasteiger charge is -2.27. The summed E-state index contributed by atoms with van der Waals surface area (Å²) in [6.45, 7) is 6.23. The van der Waals surface area contributed by atoms with Crippen LogP contribution in [0.15, 0.2) is 146 Å². The molecule has 8 heteroatoms. The predicted octanol–water partition coefficient (Wildman–Crippen LogP) is 9.09. The van der Waals surface area contributed by atoms with E-state index in [1.807, 2.05) is 72.8 Å². The number of hydrogen-bond acceptors (Lipinski definition) is 8. The molecule has 0 saturated heterocycles. The van der Waals surface area contributed by atoms with Gasteiger partial charge in [-0.1, -0.05) is 109 Å². The van der Waals surface area contributed by atoms with E-state index in [4.69, 9.17) is 28.4 Å². The molecule has 3 aliphatic heterocycles. The molecule has 3 heterocycles. The van der Waals surface area contributed by atoms with E-state index >= 15 is 0 Å². The van der Waals surface area contributed by atoms with Crippen molar-refractivity contribution in [1.29, 1.82) is 0 Å². The Bertz CT molecular complexity index is 1790. The van der Waals surface area contributed by atoms with Gasteiger partial charge in [0.15, 0.2) is 0 Å². The van der Waals surface area contributed by atoms with Crippen molar-refractivity contribution in [2.24, 2.45) is 0 Å². The molecule has 0 radical (unpaired) electrons. The van der Waals surface area contributed by atoms with Gasteiger partial charge in [0.05, 0.1) is 0 Å². The van der Waals surface area contributed by atoms with Crippen LogP contribution in [0.1, 0.15) is 33.4 Å². The maximum Gasteiger partial charge on any atom is 0.123 e. The Hall–Kier alpha value is -5.96. The molecule has 0 atom stereocenters. The minimum absolute atomic E-state index is 0.401. The van der Waals surface area contributed by atoms with Gasteiger partial charge in [-0.15, -0.1) is 0 Å². The van der Waals surface area contributed by atoms with Gasteiger partial charge in [0.2, 0.25) is 0 Å². The lowest BCUT2D eigenvalue weighted by Crippen LogP contribution is -2.25. The van der Waals surface area contributed by atoms with Gasteiger partial charge in [0.1, 0.15) is 74.1 Å². The zero-order chi connectivity index (χ0) is 37.8. The molecule has 0 saturated carbocycles. The average Bonchev–Trinajstić information content (AvgIpc) is 3.22. The first-order valence-corrected chi connectivity index (χ1v) is 19.4. The molecule has 6 aromatic rings. The fourth-order valence-electron chi connectivity index (χ4n) is 7.34. The third kappa shape index (κ3) is 9.63. The van der Waals surface area contributed by atoms with Gasteiger partial charge in [-0.3, -0.25) is 9.80 Å².